The molecule has 116 valence electrons. The lowest BCUT2D eigenvalue weighted by Gasteiger charge is -2.17. The summed E-state index contributed by atoms with van der Waals surface area (Å²) >= 11 is 1.69. The van der Waals surface area contributed by atoms with Gasteiger partial charge in [0.05, 0.1) is 6.42 Å². The summed E-state index contributed by atoms with van der Waals surface area (Å²) in [6.45, 7) is 2.57. The molecule has 0 bridgehead atoms. The Bertz CT molecular complexity index is 476. The van der Waals surface area contributed by atoms with Crippen LogP contribution in [0.25, 0.3) is 0 Å². The highest BCUT2D eigenvalue weighted by molar-refractivity contribution is 7.98. The van der Waals surface area contributed by atoms with Crippen LogP contribution in [0.15, 0.2) is 24.3 Å². The summed E-state index contributed by atoms with van der Waals surface area (Å²) in [5, 5.41) is 11.6. The fraction of sp³-hybridized carbons (Fsp3) is 0.467. The molecule has 0 saturated heterocycles. The van der Waals surface area contributed by atoms with Gasteiger partial charge in [0, 0.05) is 25.0 Å². The Hall–Kier alpha value is -1.69. The largest absolute Gasteiger partial charge is 0.481 e. The van der Waals surface area contributed by atoms with Crippen molar-refractivity contribution in [1.29, 1.82) is 0 Å². The lowest BCUT2D eigenvalue weighted by molar-refractivity contribution is -0.137. The average molecular weight is 310 g/mol. The average Bonchev–Trinajstić information content (AvgIpc) is 2.44. The number of nitrogens with one attached hydrogen (secondary N) is 1. The molecule has 0 radical (unpaired) electrons. The second-order valence-corrected chi connectivity index (χ2v) is 5.95. The zero-order chi connectivity index (χ0) is 15.8. The van der Waals surface area contributed by atoms with Crippen molar-refractivity contribution in [3.8, 4) is 0 Å². The van der Waals surface area contributed by atoms with E-state index in [-0.39, 0.29) is 18.4 Å². The number of aliphatic carboxylic acids is 1. The van der Waals surface area contributed by atoms with Gasteiger partial charge in [-0.1, -0.05) is 19.1 Å². The first-order chi connectivity index (χ1) is 9.93. The lowest BCUT2D eigenvalue weighted by atomic mass is 9.98. The zero-order valence-electron chi connectivity index (χ0n) is 12.6. The van der Waals surface area contributed by atoms with Crippen LogP contribution < -0.4 is 5.32 Å². The van der Waals surface area contributed by atoms with Gasteiger partial charge in [-0.25, -0.2) is 4.79 Å². The van der Waals surface area contributed by atoms with Gasteiger partial charge in [0.15, 0.2) is 0 Å². The number of amides is 2. The summed E-state index contributed by atoms with van der Waals surface area (Å²) in [5.74, 6) is 0.0436. The topological polar surface area (TPSA) is 69.6 Å². The van der Waals surface area contributed by atoms with Gasteiger partial charge < -0.3 is 15.3 Å². The standard InChI is InChI=1S/C15H22N2O3S/c1-11(10-14(18)19)12-4-6-13(7-5-12)16-15(20)17(2)8-9-21-3/h4-7,11H,8-10H2,1-3H3,(H,16,20)(H,18,19). The number of thioether (sulfide) groups is 1. The highest BCUT2D eigenvalue weighted by Crippen LogP contribution is 2.21. The second-order valence-electron chi connectivity index (χ2n) is 4.97. The van der Waals surface area contributed by atoms with Crippen molar-refractivity contribution in [3.05, 3.63) is 29.8 Å². The van der Waals surface area contributed by atoms with Gasteiger partial charge in [-0.2, -0.15) is 11.8 Å². The molecule has 0 saturated carbocycles. The Morgan fingerprint density at radius 1 is 1.33 bits per heavy atom. The van der Waals surface area contributed by atoms with Crippen LogP contribution >= 0.6 is 11.8 Å². The third-order valence-electron chi connectivity index (χ3n) is 3.19. The van der Waals surface area contributed by atoms with Crippen molar-refractivity contribution in [3.63, 3.8) is 0 Å². The van der Waals surface area contributed by atoms with E-state index >= 15 is 0 Å². The number of carbonyl (C=O) groups is 2. The van der Waals surface area contributed by atoms with Crippen molar-refractivity contribution in [2.75, 3.05) is 30.9 Å². The number of hydrogen-bond acceptors (Lipinski definition) is 3. The fourth-order valence-corrected chi connectivity index (χ4v) is 2.28. The molecule has 0 spiro atoms. The Kier molecular flexibility index (Phi) is 7.08. The molecule has 1 aromatic carbocycles. The molecular weight excluding hydrogens is 288 g/mol. The Labute approximate surface area is 129 Å². The number of anilines is 1. The molecule has 5 nitrogen and oxygen atoms in total. The third kappa shape index (κ3) is 6.08. The number of carboxylic acid groups (broad SMARTS) is 1. The summed E-state index contributed by atoms with van der Waals surface area (Å²) in [7, 11) is 1.76. The smallest absolute Gasteiger partial charge is 0.321 e. The van der Waals surface area contributed by atoms with Crippen molar-refractivity contribution in [2.45, 2.75) is 19.3 Å². The van der Waals surface area contributed by atoms with Gasteiger partial charge in [-0.15, -0.1) is 0 Å². The van der Waals surface area contributed by atoms with Crippen molar-refractivity contribution in [1.82, 2.24) is 4.90 Å². The molecule has 0 aliphatic rings. The highest BCUT2D eigenvalue weighted by Gasteiger charge is 2.11. The maximum atomic E-state index is 11.9. The number of benzene rings is 1. The molecule has 2 N–H and O–H groups in total. The number of carbonyl (C=O) groups excluding carboxylic acids is 1. The van der Waals surface area contributed by atoms with E-state index in [2.05, 4.69) is 5.32 Å². The SMILES string of the molecule is CSCCN(C)C(=O)Nc1ccc(C(C)CC(=O)O)cc1. The van der Waals surface area contributed by atoms with Crippen molar-refractivity contribution >= 4 is 29.4 Å². The number of rotatable bonds is 7. The van der Waals surface area contributed by atoms with E-state index in [1.165, 1.54) is 0 Å². The first-order valence-corrected chi connectivity index (χ1v) is 8.16. The molecule has 0 aliphatic heterocycles. The zero-order valence-corrected chi connectivity index (χ0v) is 13.4. The molecule has 2 amide bonds. The predicted octanol–water partition coefficient (Wildman–Crippen LogP) is 3.09. The summed E-state index contributed by atoms with van der Waals surface area (Å²) in [6.07, 6.45) is 2.10. The normalized spacial score (nSPS) is 11.8. The van der Waals surface area contributed by atoms with E-state index in [9.17, 15) is 9.59 Å². The van der Waals surface area contributed by atoms with Crippen LogP contribution in [-0.2, 0) is 4.79 Å². The van der Waals surface area contributed by atoms with E-state index in [4.69, 9.17) is 5.11 Å². The minimum Gasteiger partial charge on any atom is -0.481 e. The van der Waals surface area contributed by atoms with E-state index < -0.39 is 5.97 Å². The van der Waals surface area contributed by atoms with E-state index in [1.807, 2.05) is 25.3 Å². The fourth-order valence-electron chi connectivity index (χ4n) is 1.82. The van der Waals surface area contributed by atoms with Crippen LogP contribution in [0, 0.1) is 0 Å². The summed E-state index contributed by atoms with van der Waals surface area (Å²) in [6, 6.07) is 7.16. The van der Waals surface area contributed by atoms with Crippen LogP contribution in [-0.4, -0.2) is 47.6 Å². The van der Waals surface area contributed by atoms with Crippen LogP contribution in [0.2, 0.25) is 0 Å². The molecular formula is C15H22N2O3S. The quantitative estimate of drug-likeness (QED) is 0.812. The van der Waals surface area contributed by atoms with E-state index in [0.29, 0.717) is 12.2 Å². The number of urea groups is 1. The molecule has 0 aliphatic carbocycles. The maximum absolute atomic E-state index is 11.9. The van der Waals surface area contributed by atoms with Crippen LogP contribution in [0.5, 0.6) is 0 Å². The van der Waals surface area contributed by atoms with Gasteiger partial charge in [0.25, 0.3) is 0 Å². The molecule has 6 heteroatoms. The monoisotopic (exact) mass is 310 g/mol. The number of carboxylic acids is 1. The molecule has 0 fully saturated rings. The first kappa shape index (κ1) is 17.4. The maximum Gasteiger partial charge on any atom is 0.321 e. The highest BCUT2D eigenvalue weighted by atomic mass is 32.2. The number of hydrogen-bond donors (Lipinski definition) is 2. The van der Waals surface area contributed by atoms with Crippen molar-refractivity contribution < 1.29 is 14.7 Å². The Balaban J connectivity index is 2.58. The minimum atomic E-state index is -0.810. The molecule has 0 heterocycles. The summed E-state index contributed by atoms with van der Waals surface area (Å²) < 4.78 is 0. The van der Waals surface area contributed by atoms with Gasteiger partial charge in [0.1, 0.15) is 0 Å². The Morgan fingerprint density at radius 2 is 1.95 bits per heavy atom. The molecule has 0 aromatic heterocycles. The molecule has 1 unspecified atom stereocenters. The third-order valence-corrected chi connectivity index (χ3v) is 3.78. The minimum absolute atomic E-state index is 0.0449. The van der Waals surface area contributed by atoms with Gasteiger partial charge in [-0.3, -0.25) is 4.79 Å². The van der Waals surface area contributed by atoms with E-state index in [0.717, 1.165) is 11.3 Å². The van der Waals surface area contributed by atoms with Crippen LogP contribution in [0.4, 0.5) is 10.5 Å². The second kappa shape index (κ2) is 8.56. The molecule has 1 rings (SSSR count). The van der Waals surface area contributed by atoms with Gasteiger partial charge in [0.2, 0.25) is 0 Å². The first-order valence-electron chi connectivity index (χ1n) is 6.77. The van der Waals surface area contributed by atoms with Crippen molar-refractivity contribution in [2.24, 2.45) is 0 Å². The summed E-state index contributed by atoms with van der Waals surface area (Å²) in [5.41, 5.74) is 1.66. The summed E-state index contributed by atoms with van der Waals surface area (Å²) in [4.78, 5) is 24.2. The number of nitrogens with zero attached hydrogens (tertiary/aromatic N) is 1. The van der Waals surface area contributed by atoms with Crippen LogP contribution in [0.3, 0.4) is 0 Å². The Morgan fingerprint density at radius 3 is 2.48 bits per heavy atom. The predicted molar refractivity (Wildman–Crippen MR) is 87.1 cm³/mol. The lowest BCUT2D eigenvalue weighted by Crippen LogP contribution is -2.33. The molecule has 21 heavy (non-hydrogen) atoms. The van der Waals surface area contributed by atoms with Gasteiger partial charge >= 0.3 is 12.0 Å². The van der Waals surface area contributed by atoms with E-state index in [1.54, 1.807) is 35.8 Å². The van der Waals surface area contributed by atoms with Crippen LogP contribution in [0.1, 0.15) is 24.8 Å². The molecule has 1 atom stereocenters. The molecule has 1 aromatic rings. The van der Waals surface area contributed by atoms with Gasteiger partial charge in [-0.05, 0) is 29.9 Å².